The van der Waals surface area contributed by atoms with Crippen molar-refractivity contribution >= 4 is 39.7 Å². The number of nitrogens with one attached hydrogen (secondary N) is 1. The van der Waals surface area contributed by atoms with Crippen LogP contribution in [0.25, 0.3) is 10.9 Å². The Morgan fingerprint density at radius 1 is 1.16 bits per heavy atom. The van der Waals surface area contributed by atoms with Gasteiger partial charge in [-0.1, -0.05) is 11.6 Å². The lowest BCUT2D eigenvalue weighted by Gasteiger charge is -2.40. The van der Waals surface area contributed by atoms with Gasteiger partial charge in [0.05, 0.1) is 17.4 Å². The highest BCUT2D eigenvalue weighted by atomic mass is 35.5. The van der Waals surface area contributed by atoms with Crippen LogP contribution in [0.15, 0.2) is 47.4 Å². The number of benzene rings is 1. The monoisotopic (exact) mass is 452 g/mol. The molecular weight excluding hydrogens is 433 g/mol. The van der Waals surface area contributed by atoms with Crippen molar-refractivity contribution in [3.8, 4) is 0 Å². The second kappa shape index (κ2) is 7.72. The Labute approximate surface area is 180 Å². The number of aliphatic hydroxyl groups is 1. The molecule has 0 saturated carbocycles. The van der Waals surface area contributed by atoms with E-state index in [0.29, 0.717) is 22.2 Å². The van der Waals surface area contributed by atoms with Gasteiger partial charge in [-0.2, -0.15) is 13.2 Å². The molecule has 10 heteroatoms. The molecule has 31 heavy (non-hydrogen) atoms. The van der Waals surface area contributed by atoms with Gasteiger partial charge in [-0.15, -0.1) is 0 Å². The number of aromatic nitrogens is 2. The van der Waals surface area contributed by atoms with Crippen molar-refractivity contribution < 1.29 is 18.3 Å². The maximum Gasteiger partial charge on any atom is 0.417 e. The second-order valence-electron chi connectivity index (χ2n) is 7.67. The lowest BCUT2D eigenvalue weighted by Crippen LogP contribution is -2.53. The minimum atomic E-state index is -4.64. The van der Waals surface area contributed by atoms with Crippen molar-refractivity contribution in [2.24, 2.45) is 7.05 Å². The van der Waals surface area contributed by atoms with Gasteiger partial charge in [-0.05, 0) is 36.4 Å². The van der Waals surface area contributed by atoms with Crippen LogP contribution < -0.4 is 15.8 Å². The molecule has 1 saturated heterocycles. The largest absolute Gasteiger partial charge is 0.417 e. The van der Waals surface area contributed by atoms with Crippen molar-refractivity contribution in [3.63, 3.8) is 0 Å². The summed E-state index contributed by atoms with van der Waals surface area (Å²) >= 11 is 6.05. The maximum atomic E-state index is 13.0. The lowest BCUT2D eigenvalue weighted by molar-refractivity contribution is -0.266. The highest BCUT2D eigenvalue weighted by Gasteiger charge is 2.54. The molecule has 0 unspecified atom stereocenters. The standard InChI is InChI=1S/C21H20ClF3N4O2/c1-28-17-4-2-14(22)10-13(17)11-16(19(28)30)27-18-5-3-15(12-26-18)29-8-6-20(31,7-9-29)21(23,24)25/h2-5,10-12,31H,6-9H2,1H3,(H,26,27). The van der Waals surface area contributed by atoms with Crippen LogP contribution in [0.1, 0.15) is 12.8 Å². The van der Waals surface area contributed by atoms with E-state index >= 15 is 0 Å². The van der Waals surface area contributed by atoms with Gasteiger partial charge < -0.3 is 19.9 Å². The number of aryl methyl sites for hydroxylation is 1. The quantitative estimate of drug-likeness (QED) is 0.622. The van der Waals surface area contributed by atoms with Crippen molar-refractivity contribution in [2.75, 3.05) is 23.3 Å². The molecule has 0 bridgehead atoms. The molecule has 6 nitrogen and oxygen atoms in total. The van der Waals surface area contributed by atoms with Gasteiger partial charge in [-0.25, -0.2) is 4.98 Å². The number of pyridine rings is 2. The zero-order valence-corrected chi connectivity index (χ0v) is 17.3. The fraction of sp³-hybridized carbons (Fsp3) is 0.333. The minimum Gasteiger partial charge on any atom is -0.380 e. The third-order valence-electron chi connectivity index (χ3n) is 5.68. The van der Waals surface area contributed by atoms with E-state index in [2.05, 4.69) is 10.3 Å². The van der Waals surface area contributed by atoms with Crippen LogP contribution in [-0.2, 0) is 7.05 Å². The number of halogens is 4. The van der Waals surface area contributed by atoms with Crippen LogP contribution in [-0.4, -0.2) is 39.5 Å². The smallest absolute Gasteiger partial charge is 0.380 e. The zero-order valence-electron chi connectivity index (χ0n) is 16.6. The first kappa shape index (κ1) is 21.5. The Hall–Kier alpha value is -2.78. The number of nitrogens with zero attached hydrogens (tertiary/aromatic N) is 3. The summed E-state index contributed by atoms with van der Waals surface area (Å²) in [6, 6.07) is 10.3. The first-order chi connectivity index (χ1) is 14.6. The van der Waals surface area contributed by atoms with Crippen LogP contribution in [0.4, 0.5) is 30.4 Å². The Balaban J connectivity index is 1.51. The van der Waals surface area contributed by atoms with Gasteiger partial charge in [-0.3, -0.25) is 4.79 Å². The lowest BCUT2D eigenvalue weighted by atomic mass is 9.90. The average molecular weight is 453 g/mol. The molecule has 3 aromatic rings. The third kappa shape index (κ3) is 4.07. The van der Waals surface area contributed by atoms with Gasteiger partial charge in [0.1, 0.15) is 11.5 Å². The summed E-state index contributed by atoms with van der Waals surface area (Å²) < 4.78 is 40.4. The van der Waals surface area contributed by atoms with Crippen LogP contribution in [0, 0.1) is 0 Å². The van der Waals surface area contributed by atoms with Crippen LogP contribution >= 0.6 is 11.6 Å². The van der Waals surface area contributed by atoms with Gasteiger partial charge in [0.15, 0.2) is 5.60 Å². The Morgan fingerprint density at radius 3 is 2.48 bits per heavy atom. The van der Waals surface area contributed by atoms with Gasteiger partial charge in [0.25, 0.3) is 5.56 Å². The molecule has 2 aromatic heterocycles. The molecule has 0 spiro atoms. The molecule has 0 aliphatic carbocycles. The fourth-order valence-corrected chi connectivity index (χ4v) is 3.93. The summed E-state index contributed by atoms with van der Waals surface area (Å²) in [5.74, 6) is 0.422. The SMILES string of the molecule is Cn1c(=O)c(Nc2ccc(N3CCC(O)(C(F)(F)F)CC3)cn2)cc2cc(Cl)ccc21. The van der Waals surface area contributed by atoms with Crippen molar-refractivity contribution in [1.29, 1.82) is 0 Å². The number of fused-ring (bicyclic) bond motifs is 1. The summed E-state index contributed by atoms with van der Waals surface area (Å²) in [6.07, 6.45) is -3.90. The van der Waals surface area contributed by atoms with E-state index in [4.69, 9.17) is 11.6 Å². The number of piperidine rings is 1. The van der Waals surface area contributed by atoms with E-state index in [-0.39, 0.29) is 18.6 Å². The third-order valence-corrected chi connectivity index (χ3v) is 5.91. The molecule has 2 N–H and O–H groups in total. The van der Waals surface area contributed by atoms with Gasteiger partial charge in [0, 0.05) is 43.4 Å². The number of hydrogen-bond donors (Lipinski definition) is 2. The van der Waals surface area contributed by atoms with Crippen LogP contribution in [0.5, 0.6) is 0 Å². The van der Waals surface area contributed by atoms with Crippen LogP contribution in [0.3, 0.4) is 0 Å². The molecule has 1 aromatic carbocycles. The molecule has 4 rings (SSSR count). The van der Waals surface area contributed by atoms with E-state index in [1.807, 2.05) is 0 Å². The average Bonchev–Trinajstić information content (AvgIpc) is 2.72. The van der Waals surface area contributed by atoms with Gasteiger partial charge in [0.2, 0.25) is 0 Å². The van der Waals surface area contributed by atoms with Crippen molar-refractivity contribution in [2.45, 2.75) is 24.6 Å². The maximum absolute atomic E-state index is 13.0. The zero-order chi connectivity index (χ0) is 22.4. The number of alkyl halides is 3. The minimum absolute atomic E-state index is 0.0659. The predicted octanol–water partition coefficient (Wildman–Crippen LogP) is 4.22. The second-order valence-corrected chi connectivity index (χ2v) is 8.10. The van der Waals surface area contributed by atoms with Crippen molar-refractivity contribution in [1.82, 2.24) is 9.55 Å². The normalized spacial score (nSPS) is 16.5. The van der Waals surface area contributed by atoms with Crippen molar-refractivity contribution in [3.05, 3.63) is 58.0 Å². The summed E-state index contributed by atoms with van der Waals surface area (Å²) in [4.78, 5) is 18.7. The highest BCUT2D eigenvalue weighted by Crippen LogP contribution is 2.39. The van der Waals surface area contributed by atoms with E-state index in [0.717, 1.165) is 10.9 Å². The van der Waals surface area contributed by atoms with E-state index in [1.54, 1.807) is 48.3 Å². The highest BCUT2D eigenvalue weighted by molar-refractivity contribution is 6.31. The fourth-order valence-electron chi connectivity index (χ4n) is 3.75. The first-order valence-electron chi connectivity index (χ1n) is 9.64. The molecular formula is C21H20ClF3N4O2. The predicted molar refractivity (Wildman–Crippen MR) is 114 cm³/mol. The molecule has 1 aliphatic rings. The molecule has 3 heterocycles. The van der Waals surface area contributed by atoms with E-state index in [9.17, 15) is 23.1 Å². The number of rotatable bonds is 3. The molecule has 1 aliphatic heterocycles. The Bertz CT molecular complexity index is 1170. The topological polar surface area (TPSA) is 70.4 Å². The number of anilines is 3. The first-order valence-corrected chi connectivity index (χ1v) is 10.0. The molecule has 1 fully saturated rings. The molecule has 164 valence electrons. The van der Waals surface area contributed by atoms with Crippen LogP contribution in [0.2, 0.25) is 5.02 Å². The summed E-state index contributed by atoms with van der Waals surface area (Å²) in [7, 11) is 1.67. The Morgan fingerprint density at radius 2 is 1.87 bits per heavy atom. The Kier molecular flexibility index (Phi) is 5.35. The van der Waals surface area contributed by atoms with E-state index < -0.39 is 24.6 Å². The van der Waals surface area contributed by atoms with Gasteiger partial charge >= 0.3 is 6.18 Å². The molecule has 0 amide bonds. The molecule has 0 atom stereocenters. The van der Waals surface area contributed by atoms with E-state index in [1.165, 1.54) is 10.8 Å². The summed E-state index contributed by atoms with van der Waals surface area (Å²) in [5.41, 5.74) is -1.16. The molecule has 0 radical (unpaired) electrons. The summed E-state index contributed by atoms with van der Waals surface area (Å²) in [5, 5.41) is 14.1. The summed E-state index contributed by atoms with van der Waals surface area (Å²) in [6.45, 7) is 0.132. The number of hydrogen-bond acceptors (Lipinski definition) is 5.